The zero-order valence-electron chi connectivity index (χ0n) is 10.8. The van der Waals surface area contributed by atoms with E-state index in [4.69, 9.17) is 0 Å². The summed E-state index contributed by atoms with van der Waals surface area (Å²) >= 11 is 3.53. The normalized spacial score (nSPS) is 33.9. The van der Waals surface area contributed by atoms with Gasteiger partial charge in [-0.1, -0.05) is 13.8 Å². The highest BCUT2D eigenvalue weighted by Gasteiger charge is 2.43. The Morgan fingerprint density at radius 2 is 2.29 bits per heavy atom. The molecule has 96 valence electrons. The lowest BCUT2D eigenvalue weighted by Crippen LogP contribution is -2.40. The summed E-state index contributed by atoms with van der Waals surface area (Å²) in [6, 6.07) is 0. The van der Waals surface area contributed by atoms with E-state index >= 15 is 0 Å². The van der Waals surface area contributed by atoms with E-state index < -0.39 is 5.60 Å². The van der Waals surface area contributed by atoms with Crippen molar-refractivity contribution in [2.24, 2.45) is 11.8 Å². The zero-order chi connectivity index (χ0) is 12.6. The van der Waals surface area contributed by atoms with Crippen LogP contribution in [0.2, 0.25) is 0 Å². The lowest BCUT2D eigenvalue weighted by Gasteiger charge is -2.41. The molecule has 3 nitrogen and oxygen atoms in total. The maximum absolute atomic E-state index is 11.0. The van der Waals surface area contributed by atoms with Crippen LogP contribution < -0.4 is 0 Å². The summed E-state index contributed by atoms with van der Waals surface area (Å²) in [5, 5.41) is 15.3. The molecule has 1 fully saturated rings. The highest BCUT2D eigenvalue weighted by atomic mass is 79.9. The molecule has 17 heavy (non-hydrogen) atoms. The molecular formula is C13H21BrN2O. The van der Waals surface area contributed by atoms with E-state index in [9.17, 15) is 5.11 Å². The Hall–Kier alpha value is -0.350. The van der Waals surface area contributed by atoms with E-state index in [0.29, 0.717) is 5.92 Å². The maximum Gasteiger partial charge on any atom is 0.110 e. The van der Waals surface area contributed by atoms with Crippen LogP contribution in [0.4, 0.5) is 0 Å². The molecule has 3 atom stereocenters. The van der Waals surface area contributed by atoms with Gasteiger partial charge in [0, 0.05) is 6.54 Å². The quantitative estimate of drug-likeness (QED) is 0.910. The third-order valence-corrected chi connectivity index (χ3v) is 4.67. The molecule has 4 heteroatoms. The summed E-state index contributed by atoms with van der Waals surface area (Å²) in [5.41, 5.74) is 0.233. The number of aliphatic hydroxyl groups is 1. The van der Waals surface area contributed by atoms with Gasteiger partial charge in [0.15, 0.2) is 0 Å². The predicted molar refractivity (Wildman–Crippen MR) is 71.7 cm³/mol. The number of hydrogen-bond donors (Lipinski definition) is 1. The van der Waals surface area contributed by atoms with Crippen LogP contribution in [-0.4, -0.2) is 14.9 Å². The molecule has 0 aliphatic heterocycles. The Morgan fingerprint density at radius 1 is 1.59 bits per heavy atom. The molecule has 1 aromatic heterocycles. The molecule has 0 bridgehead atoms. The number of halogens is 1. The lowest BCUT2D eigenvalue weighted by atomic mass is 9.70. The molecule has 0 spiro atoms. The molecule has 1 heterocycles. The van der Waals surface area contributed by atoms with E-state index in [1.165, 1.54) is 0 Å². The van der Waals surface area contributed by atoms with Crippen molar-refractivity contribution in [2.75, 3.05) is 0 Å². The number of rotatable bonds is 2. The van der Waals surface area contributed by atoms with Crippen molar-refractivity contribution in [1.29, 1.82) is 0 Å². The van der Waals surface area contributed by atoms with Crippen molar-refractivity contribution in [3.63, 3.8) is 0 Å². The van der Waals surface area contributed by atoms with Crippen molar-refractivity contribution in [2.45, 2.75) is 52.2 Å². The topological polar surface area (TPSA) is 38.0 Å². The molecule has 3 unspecified atom stereocenters. The molecule has 2 rings (SSSR count). The Balaban J connectivity index is 2.40. The van der Waals surface area contributed by atoms with E-state index in [0.717, 1.165) is 36.0 Å². The molecule has 1 N–H and O–H groups in total. The third kappa shape index (κ3) is 2.17. The molecule has 1 aliphatic carbocycles. The van der Waals surface area contributed by atoms with Crippen molar-refractivity contribution < 1.29 is 5.11 Å². The summed E-state index contributed by atoms with van der Waals surface area (Å²) in [4.78, 5) is 0. The minimum atomic E-state index is -0.724. The van der Waals surface area contributed by atoms with Crippen molar-refractivity contribution in [3.05, 3.63) is 16.4 Å². The highest BCUT2D eigenvalue weighted by Crippen LogP contribution is 2.45. The number of hydrogen-bond acceptors (Lipinski definition) is 2. The standard InChI is InChI=1S/C13H21BrN2O/c1-4-16-12(11(14)8-15-16)13(17)6-5-9(2)7-10(13)3/h8-10,17H,4-7H2,1-3H3. The predicted octanol–water partition coefficient (Wildman–Crippen LogP) is 3.31. The minimum Gasteiger partial charge on any atom is -0.383 e. The molecule has 0 saturated heterocycles. The van der Waals surface area contributed by atoms with Crippen LogP contribution in [-0.2, 0) is 12.1 Å². The molecule has 0 aromatic carbocycles. The first-order valence-corrected chi connectivity index (χ1v) is 7.22. The Bertz CT molecular complexity index is 404. The van der Waals surface area contributed by atoms with Crippen molar-refractivity contribution >= 4 is 15.9 Å². The molecule has 1 saturated carbocycles. The van der Waals surface area contributed by atoms with Gasteiger partial charge in [0.2, 0.25) is 0 Å². The van der Waals surface area contributed by atoms with Gasteiger partial charge in [0.1, 0.15) is 5.60 Å². The Labute approximate surface area is 111 Å². The van der Waals surface area contributed by atoms with Crippen LogP contribution >= 0.6 is 15.9 Å². The fraction of sp³-hybridized carbons (Fsp3) is 0.769. The summed E-state index contributed by atoms with van der Waals surface area (Å²) in [5.74, 6) is 0.992. The third-order valence-electron chi connectivity index (χ3n) is 4.09. The summed E-state index contributed by atoms with van der Waals surface area (Å²) in [7, 11) is 0. The monoisotopic (exact) mass is 300 g/mol. The lowest BCUT2D eigenvalue weighted by molar-refractivity contribution is -0.0659. The second-order valence-electron chi connectivity index (χ2n) is 5.36. The van der Waals surface area contributed by atoms with E-state index in [-0.39, 0.29) is 5.92 Å². The Morgan fingerprint density at radius 3 is 2.88 bits per heavy atom. The minimum absolute atomic E-state index is 0.282. The first-order chi connectivity index (χ1) is 7.99. The van der Waals surface area contributed by atoms with Crippen LogP contribution in [0.3, 0.4) is 0 Å². The summed E-state index contributed by atoms with van der Waals surface area (Å²) < 4.78 is 2.85. The second kappa shape index (κ2) is 4.73. The van der Waals surface area contributed by atoms with Crippen LogP contribution in [0.5, 0.6) is 0 Å². The van der Waals surface area contributed by atoms with Gasteiger partial charge in [-0.2, -0.15) is 5.10 Å². The number of aryl methyl sites for hydroxylation is 1. The zero-order valence-corrected chi connectivity index (χ0v) is 12.4. The summed E-state index contributed by atoms with van der Waals surface area (Å²) in [6.45, 7) is 7.27. The molecule has 0 amide bonds. The van der Waals surface area contributed by atoms with Crippen LogP contribution in [0, 0.1) is 11.8 Å². The van der Waals surface area contributed by atoms with Gasteiger partial charge in [-0.15, -0.1) is 0 Å². The van der Waals surface area contributed by atoms with Gasteiger partial charge in [-0.05, 0) is 54.0 Å². The smallest absolute Gasteiger partial charge is 0.110 e. The average molecular weight is 301 g/mol. The van der Waals surface area contributed by atoms with Crippen molar-refractivity contribution in [3.8, 4) is 0 Å². The van der Waals surface area contributed by atoms with Crippen LogP contribution in [0.25, 0.3) is 0 Å². The SMILES string of the molecule is CCn1ncc(Br)c1C1(O)CCC(C)CC1C. The fourth-order valence-corrected chi connectivity index (χ4v) is 3.65. The maximum atomic E-state index is 11.0. The van der Waals surface area contributed by atoms with Gasteiger partial charge in [0.05, 0.1) is 16.4 Å². The molecular weight excluding hydrogens is 280 g/mol. The Kier molecular flexibility index (Phi) is 3.64. The first kappa shape index (κ1) is 13.1. The first-order valence-electron chi connectivity index (χ1n) is 6.43. The van der Waals surface area contributed by atoms with Gasteiger partial charge in [-0.3, -0.25) is 4.68 Å². The van der Waals surface area contributed by atoms with Crippen molar-refractivity contribution in [1.82, 2.24) is 9.78 Å². The van der Waals surface area contributed by atoms with E-state index in [1.807, 2.05) is 4.68 Å². The molecule has 1 aliphatic rings. The molecule has 1 aromatic rings. The van der Waals surface area contributed by atoms with Gasteiger partial charge in [-0.25, -0.2) is 0 Å². The molecule has 0 radical (unpaired) electrons. The van der Waals surface area contributed by atoms with Gasteiger partial charge < -0.3 is 5.11 Å². The summed E-state index contributed by atoms with van der Waals surface area (Å²) in [6.07, 6.45) is 4.79. The van der Waals surface area contributed by atoms with E-state index in [1.54, 1.807) is 6.20 Å². The van der Waals surface area contributed by atoms with Gasteiger partial charge >= 0.3 is 0 Å². The fourth-order valence-electron chi connectivity index (χ4n) is 3.01. The van der Waals surface area contributed by atoms with Crippen LogP contribution in [0.1, 0.15) is 45.7 Å². The largest absolute Gasteiger partial charge is 0.383 e. The van der Waals surface area contributed by atoms with Gasteiger partial charge in [0.25, 0.3) is 0 Å². The van der Waals surface area contributed by atoms with Crippen LogP contribution in [0.15, 0.2) is 10.7 Å². The number of nitrogens with zero attached hydrogens (tertiary/aromatic N) is 2. The average Bonchev–Trinajstić information content (AvgIpc) is 2.66. The van der Waals surface area contributed by atoms with E-state index in [2.05, 4.69) is 41.8 Å². The number of aromatic nitrogens is 2. The highest BCUT2D eigenvalue weighted by molar-refractivity contribution is 9.10. The second-order valence-corrected chi connectivity index (χ2v) is 6.22.